The van der Waals surface area contributed by atoms with Crippen LogP contribution in [0.1, 0.15) is 98.5 Å². The first-order valence-corrected chi connectivity index (χ1v) is 13.6. The van der Waals surface area contributed by atoms with Crippen molar-refractivity contribution in [3.05, 3.63) is 23.8 Å². The Bertz CT molecular complexity index is 947. The standard InChI is InChI=1S/C29H45NO8/c1-8-11-18(5)28(34)37-23-14-13-21(16-24(23)38-29(35)19(6)12-9-2)22(25(30)26(31)32)15-20(7)36-27(33)17(4)10-3/h13-14,16-20,22,25H,8-12,15,30H2,1-7H3,(H,31,32)/t17?,18?,19?,20?,22?,25-/m0/s1. The van der Waals surface area contributed by atoms with Crippen LogP contribution in [0.4, 0.5) is 0 Å². The van der Waals surface area contributed by atoms with Gasteiger partial charge < -0.3 is 25.1 Å². The Hall–Kier alpha value is -2.94. The van der Waals surface area contributed by atoms with Crippen LogP contribution in [0.25, 0.3) is 0 Å². The summed E-state index contributed by atoms with van der Waals surface area (Å²) in [6.07, 6.45) is 2.98. The number of nitrogens with two attached hydrogens (primary N) is 1. The smallest absolute Gasteiger partial charge is 0.321 e. The summed E-state index contributed by atoms with van der Waals surface area (Å²) < 4.78 is 16.8. The van der Waals surface area contributed by atoms with Gasteiger partial charge in [-0.3, -0.25) is 19.2 Å². The molecule has 0 aliphatic carbocycles. The average molecular weight is 536 g/mol. The summed E-state index contributed by atoms with van der Waals surface area (Å²) >= 11 is 0. The normalized spacial score (nSPS) is 15.9. The maximum atomic E-state index is 12.8. The second kappa shape index (κ2) is 16.1. The summed E-state index contributed by atoms with van der Waals surface area (Å²) in [6, 6.07) is 3.24. The molecule has 3 N–H and O–H groups in total. The maximum absolute atomic E-state index is 12.8. The molecule has 0 radical (unpaired) electrons. The van der Waals surface area contributed by atoms with Gasteiger partial charge in [-0.15, -0.1) is 0 Å². The predicted octanol–water partition coefficient (Wildman–Crippen LogP) is 5.23. The molecule has 5 unspecified atom stereocenters. The number of carbonyl (C=O) groups excluding carboxylic acids is 3. The molecule has 0 saturated carbocycles. The van der Waals surface area contributed by atoms with E-state index in [-0.39, 0.29) is 41.6 Å². The molecular formula is C29H45NO8. The highest BCUT2D eigenvalue weighted by atomic mass is 16.6. The van der Waals surface area contributed by atoms with Gasteiger partial charge in [0.05, 0.1) is 23.9 Å². The molecule has 6 atom stereocenters. The molecule has 0 heterocycles. The highest BCUT2D eigenvalue weighted by Crippen LogP contribution is 2.35. The van der Waals surface area contributed by atoms with Gasteiger partial charge in [-0.1, -0.05) is 60.5 Å². The van der Waals surface area contributed by atoms with Crippen molar-refractivity contribution in [3.8, 4) is 11.5 Å². The zero-order chi connectivity index (χ0) is 29.0. The average Bonchev–Trinajstić information content (AvgIpc) is 2.87. The highest BCUT2D eigenvalue weighted by Gasteiger charge is 2.31. The van der Waals surface area contributed by atoms with Crippen molar-refractivity contribution in [2.24, 2.45) is 23.5 Å². The number of aliphatic carboxylic acids is 1. The molecule has 214 valence electrons. The largest absolute Gasteiger partial charge is 0.480 e. The van der Waals surface area contributed by atoms with Crippen molar-refractivity contribution in [1.29, 1.82) is 0 Å². The van der Waals surface area contributed by atoms with Gasteiger partial charge in [0.15, 0.2) is 11.5 Å². The lowest BCUT2D eigenvalue weighted by Crippen LogP contribution is -2.38. The molecule has 0 aromatic heterocycles. The number of carboxylic acid groups (broad SMARTS) is 1. The number of ether oxygens (including phenoxy) is 3. The maximum Gasteiger partial charge on any atom is 0.321 e. The number of esters is 3. The number of carboxylic acids is 1. The topological polar surface area (TPSA) is 142 Å². The Morgan fingerprint density at radius 3 is 1.82 bits per heavy atom. The van der Waals surface area contributed by atoms with Crippen LogP contribution in [-0.2, 0) is 23.9 Å². The predicted molar refractivity (Wildman–Crippen MR) is 144 cm³/mol. The summed E-state index contributed by atoms with van der Waals surface area (Å²) in [5.41, 5.74) is 6.51. The first-order valence-electron chi connectivity index (χ1n) is 13.6. The van der Waals surface area contributed by atoms with Gasteiger partial charge in [0.1, 0.15) is 6.04 Å². The minimum atomic E-state index is -1.32. The van der Waals surface area contributed by atoms with Gasteiger partial charge in [-0.2, -0.15) is 0 Å². The third-order valence-corrected chi connectivity index (χ3v) is 6.70. The Morgan fingerprint density at radius 1 is 0.816 bits per heavy atom. The summed E-state index contributed by atoms with van der Waals surface area (Å²) in [7, 11) is 0. The molecule has 38 heavy (non-hydrogen) atoms. The van der Waals surface area contributed by atoms with E-state index in [2.05, 4.69) is 0 Å². The van der Waals surface area contributed by atoms with E-state index in [0.717, 1.165) is 12.8 Å². The van der Waals surface area contributed by atoms with Crippen molar-refractivity contribution in [2.75, 3.05) is 0 Å². The minimum absolute atomic E-state index is 0.0133. The molecule has 0 aliphatic heterocycles. The lowest BCUT2D eigenvalue weighted by atomic mass is 9.87. The van der Waals surface area contributed by atoms with E-state index >= 15 is 0 Å². The summed E-state index contributed by atoms with van der Waals surface area (Å²) in [6.45, 7) is 12.8. The first-order chi connectivity index (χ1) is 17.9. The van der Waals surface area contributed by atoms with Crippen molar-refractivity contribution in [2.45, 2.75) is 105 Å². The number of hydrogen-bond donors (Lipinski definition) is 2. The zero-order valence-electron chi connectivity index (χ0n) is 23.8. The lowest BCUT2D eigenvalue weighted by molar-refractivity contribution is -0.153. The van der Waals surface area contributed by atoms with E-state index in [0.29, 0.717) is 24.8 Å². The fourth-order valence-corrected chi connectivity index (χ4v) is 3.99. The Morgan fingerprint density at radius 2 is 1.34 bits per heavy atom. The van der Waals surface area contributed by atoms with Gasteiger partial charge in [-0.25, -0.2) is 0 Å². The third kappa shape index (κ3) is 10.1. The van der Waals surface area contributed by atoms with Crippen LogP contribution in [0.15, 0.2) is 18.2 Å². The monoisotopic (exact) mass is 535 g/mol. The van der Waals surface area contributed by atoms with Crippen LogP contribution >= 0.6 is 0 Å². The van der Waals surface area contributed by atoms with Gasteiger partial charge in [-0.05, 0) is 50.3 Å². The minimum Gasteiger partial charge on any atom is -0.480 e. The third-order valence-electron chi connectivity index (χ3n) is 6.70. The van der Waals surface area contributed by atoms with Crippen LogP contribution in [0.2, 0.25) is 0 Å². The molecule has 0 aliphatic rings. The molecule has 1 aromatic rings. The number of hydrogen-bond acceptors (Lipinski definition) is 8. The molecular weight excluding hydrogens is 490 g/mol. The van der Waals surface area contributed by atoms with Crippen molar-refractivity contribution >= 4 is 23.9 Å². The SMILES string of the molecule is CCCC(C)C(=O)Oc1ccc(C(CC(C)OC(=O)C(C)CC)[C@H](N)C(=O)O)cc1OC(=O)C(C)CCC. The fraction of sp³-hybridized carbons (Fsp3) is 0.655. The fourth-order valence-electron chi connectivity index (χ4n) is 3.99. The Balaban J connectivity index is 3.41. The Labute approximate surface area is 226 Å². The highest BCUT2D eigenvalue weighted by molar-refractivity contribution is 5.79. The van der Waals surface area contributed by atoms with Gasteiger partial charge in [0, 0.05) is 5.92 Å². The van der Waals surface area contributed by atoms with E-state index in [1.807, 2.05) is 20.8 Å². The van der Waals surface area contributed by atoms with Crippen molar-refractivity contribution in [3.63, 3.8) is 0 Å². The van der Waals surface area contributed by atoms with Crippen LogP contribution in [0.5, 0.6) is 11.5 Å². The second-order valence-corrected chi connectivity index (χ2v) is 10.2. The van der Waals surface area contributed by atoms with Gasteiger partial charge in [0.2, 0.25) is 0 Å². The summed E-state index contributed by atoms with van der Waals surface area (Å²) in [4.78, 5) is 49.5. The molecule has 0 fully saturated rings. The van der Waals surface area contributed by atoms with Crippen molar-refractivity contribution in [1.82, 2.24) is 0 Å². The summed E-state index contributed by atoms with van der Waals surface area (Å²) in [5, 5.41) is 9.68. The quantitative estimate of drug-likeness (QED) is 0.215. The zero-order valence-corrected chi connectivity index (χ0v) is 23.8. The van der Waals surface area contributed by atoms with Crippen LogP contribution in [0, 0.1) is 17.8 Å². The molecule has 1 rings (SSSR count). The van der Waals surface area contributed by atoms with Crippen molar-refractivity contribution < 1.29 is 38.5 Å². The lowest BCUT2D eigenvalue weighted by Gasteiger charge is -2.26. The molecule has 9 nitrogen and oxygen atoms in total. The molecule has 0 bridgehead atoms. The summed E-state index contributed by atoms with van der Waals surface area (Å²) in [5.74, 6) is -4.26. The number of carbonyl (C=O) groups is 4. The first kappa shape index (κ1) is 33.1. The second-order valence-electron chi connectivity index (χ2n) is 10.2. The van der Waals surface area contributed by atoms with E-state index in [9.17, 15) is 24.3 Å². The molecule has 0 saturated heterocycles. The molecule has 9 heteroatoms. The van der Waals surface area contributed by atoms with Crippen LogP contribution in [-0.4, -0.2) is 41.1 Å². The van der Waals surface area contributed by atoms with Gasteiger partial charge >= 0.3 is 23.9 Å². The van der Waals surface area contributed by atoms with Gasteiger partial charge in [0.25, 0.3) is 0 Å². The number of rotatable bonds is 16. The van der Waals surface area contributed by atoms with E-state index in [4.69, 9.17) is 19.9 Å². The molecule has 1 aromatic carbocycles. The van der Waals surface area contributed by atoms with E-state index < -0.39 is 36.0 Å². The van der Waals surface area contributed by atoms with E-state index in [1.165, 1.54) is 12.1 Å². The van der Waals surface area contributed by atoms with Crippen LogP contribution in [0.3, 0.4) is 0 Å². The molecule has 0 spiro atoms. The number of benzene rings is 1. The van der Waals surface area contributed by atoms with E-state index in [1.54, 1.807) is 33.8 Å². The molecule has 0 amide bonds. The van der Waals surface area contributed by atoms with Crippen LogP contribution < -0.4 is 15.2 Å². The Kier molecular flexibility index (Phi) is 14.0.